The Hall–Kier alpha value is -3.74. The molecule has 2 aromatic heterocycles. The molecule has 0 spiro atoms. The van der Waals surface area contributed by atoms with Gasteiger partial charge in [-0.1, -0.05) is 11.6 Å². The quantitative estimate of drug-likeness (QED) is 0.448. The molecule has 1 aliphatic heterocycles. The van der Waals surface area contributed by atoms with Crippen molar-refractivity contribution in [1.29, 1.82) is 5.26 Å². The Morgan fingerprint density at radius 1 is 1.28 bits per heavy atom. The molecule has 1 amide bonds. The molecule has 36 heavy (non-hydrogen) atoms. The highest BCUT2D eigenvalue weighted by molar-refractivity contribution is 6.34. The fraction of sp³-hybridized carbons (Fsp3) is 0.308. The minimum Gasteiger partial charge on any atom is -0.336 e. The Labute approximate surface area is 212 Å². The van der Waals surface area contributed by atoms with Crippen LogP contribution in [0.3, 0.4) is 0 Å². The molecule has 0 saturated carbocycles. The fourth-order valence-corrected chi connectivity index (χ4v) is 4.99. The van der Waals surface area contributed by atoms with E-state index in [0.717, 1.165) is 23.7 Å². The number of nitrogens with zero attached hydrogens (tertiary/aromatic N) is 6. The molecule has 1 aliphatic rings. The van der Waals surface area contributed by atoms with Crippen molar-refractivity contribution in [2.24, 2.45) is 7.05 Å². The Morgan fingerprint density at radius 2 is 2.08 bits per heavy atom. The number of hydrogen-bond acceptors (Lipinski definition) is 5. The number of halogens is 2. The van der Waals surface area contributed by atoms with Crippen molar-refractivity contribution in [3.05, 3.63) is 64.3 Å². The monoisotopic (exact) mass is 505 g/mol. The molecule has 5 rings (SSSR count). The molecular formula is C26H25ClFN7O. The summed E-state index contributed by atoms with van der Waals surface area (Å²) >= 11 is 6.47. The average molecular weight is 506 g/mol. The van der Waals surface area contributed by atoms with Crippen molar-refractivity contribution in [2.45, 2.75) is 25.8 Å². The summed E-state index contributed by atoms with van der Waals surface area (Å²) in [6.07, 6.45) is 1.91. The summed E-state index contributed by atoms with van der Waals surface area (Å²) in [5, 5.41) is 18.1. The van der Waals surface area contributed by atoms with E-state index in [1.807, 2.05) is 47.7 Å². The SMILES string of the molecule is CN[C@H]1CCCN(C(=O)c2nc(-c3ccc(C#N)c(F)c3)n(-c3ccc4nn(C)c(Cl)c4c3)c2C)C1. The lowest BCUT2D eigenvalue weighted by Crippen LogP contribution is -2.47. The van der Waals surface area contributed by atoms with Crippen LogP contribution in [0.15, 0.2) is 36.4 Å². The van der Waals surface area contributed by atoms with Gasteiger partial charge < -0.3 is 10.2 Å². The minimum atomic E-state index is -0.645. The van der Waals surface area contributed by atoms with Gasteiger partial charge in [0.05, 0.1) is 16.8 Å². The number of fused-ring (bicyclic) bond motifs is 1. The first-order valence-electron chi connectivity index (χ1n) is 11.7. The van der Waals surface area contributed by atoms with Crippen LogP contribution in [0, 0.1) is 24.1 Å². The minimum absolute atomic E-state index is 0.0557. The number of piperidine rings is 1. The fourth-order valence-electron chi connectivity index (χ4n) is 4.80. The summed E-state index contributed by atoms with van der Waals surface area (Å²) < 4.78 is 18.0. The maximum atomic E-state index is 14.6. The van der Waals surface area contributed by atoms with Gasteiger partial charge in [-0.05, 0) is 63.2 Å². The topological polar surface area (TPSA) is 91.8 Å². The molecule has 2 aromatic carbocycles. The number of hydrogen-bond donors (Lipinski definition) is 1. The third kappa shape index (κ3) is 4.02. The molecule has 8 nitrogen and oxygen atoms in total. The number of carbonyl (C=O) groups is 1. The number of rotatable bonds is 4. The van der Waals surface area contributed by atoms with Gasteiger partial charge in [0.15, 0.2) is 0 Å². The van der Waals surface area contributed by atoms with Crippen LogP contribution in [0.2, 0.25) is 5.15 Å². The van der Waals surface area contributed by atoms with Crippen molar-refractivity contribution < 1.29 is 9.18 Å². The molecule has 0 radical (unpaired) electrons. The van der Waals surface area contributed by atoms with E-state index < -0.39 is 5.82 Å². The first kappa shape index (κ1) is 24.0. The maximum Gasteiger partial charge on any atom is 0.274 e. The molecule has 184 valence electrons. The number of likely N-dealkylation sites (tertiary alicyclic amines) is 1. The van der Waals surface area contributed by atoms with E-state index in [1.54, 1.807) is 17.8 Å². The number of nitrogens with one attached hydrogen (secondary N) is 1. The highest BCUT2D eigenvalue weighted by Crippen LogP contribution is 2.32. The molecule has 1 saturated heterocycles. The number of imidazole rings is 1. The molecule has 3 heterocycles. The Morgan fingerprint density at radius 3 is 2.81 bits per heavy atom. The van der Waals surface area contributed by atoms with Crippen molar-refractivity contribution in [2.75, 3.05) is 20.1 Å². The number of aryl methyl sites for hydroxylation is 1. The summed E-state index contributed by atoms with van der Waals surface area (Å²) in [4.78, 5) is 20.2. The van der Waals surface area contributed by atoms with Gasteiger partial charge in [0, 0.05) is 42.8 Å². The van der Waals surface area contributed by atoms with Crippen molar-refractivity contribution >= 4 is 28.4 Å². The summed E-state index contributed by atoms with van der Waals surface area (Å²) in [6, 6.07) is 12.0. The van der Waals surface area contributed by atoms with E-state index in [4.69, 9.17) is 21.8 Å². The van der Waals surface area contributed by atoms with E-state index >= 15 is 0 Å². The van der Waals surface area contributed by atoms with Gasteiger partial charge in [0.2, 0.25) is 0 Å². The molecule has 4 aromatic rings. The van der Waals surface area contributed by atoms with Crippen LogP contribution >= 0.6 is 11.6 Å². The molecular weight excluding hydrogens is 481 g/mol. The maximum absolute atomic E-state index is 14.6. The zero-order valence-electron chi connectivity index (χ0n) is 20.2. The molecule has 0 bridgehead atoms. The Bertz CT molecular complexity index is 1530. The van der Waals surface area contributed by atoms with E-state index in [9.17, 15) is 9.18 Å². The smallest absolute Gasteiger partial charge is 0.274 e. The van der Waals surface area contributed by atoms with Crippen LogP contribution < -0.4 is 5.32 Å². The molecule has 0 aliphatic carbocycles. The third-order valence-corrected chi connectivity index (χ3v) is 7.23. The molecule has 0 unspecified atom stereocenters. The van der Waals surface area contributed by atoms with E-state index in [-0.39, 0.29) is 17.5 Å². The number of aromatic nitrogens is 4. The molecule has 10 heteroatoms. The number of amides is 1. The normalized spacial score (nSPS) is 15.9. The van der Waals surface area contributed by atoms with Crippen molar-refractivity contribution in [3.63, 3.8) is 0 Å². The number of carbonyl (C=O) groups excluding carboxylic acids is 1. The van der Waals surface area contributed by atoms with E-state index in [1.165, 1.54) is 12.1 Å². The highest BCUT2D eigenvalue weighted by atomic mass is 35.5. The first-order valence-corrected chi connectivity index (χ1v) is 12.1. The van der Waals surface area contributed by atoms with Crippen LogP contribution in [-0.4, -0.2) is 56.3 Å². The lowest BCUT2D eigenvalue weighted by molar-refractivity contribution is 0.0692. The molecule has 1 fully saturated rings. The van der Waals surface area contributed by atoms with Crippen molar-refractivity contribution in [1.82, 2.24) is 29.5 Å². The van der Waals surface area contributed by atoms with Crippen LogP contribution in [0.1, 0.15) is 34.6 Å². The largest absolute Gasteiger partial charge is 0.336 e. The highest BCUT2D eigenvalue weighted by Gasteiger charge is 2.29. The van der Waals surface area contributed by atoms with Crippen LogP contribution in [0.5, 0.6) is 0 Å². The van der Waals surface area contributed by atoms with Gasteiger partial charge >= 0.3 is 0 Å². The van der Waals surface area contributed by atoms with Gasteiger partial charge in [0.1, 0.15) is 28.6 Å². The molecule has 1 atom stereocenters. The first-order chi connectivity index (χ1) is 17.3. The number of likely N-dealkylation sites (N-methyl/N-ethyl adjacent to an activating group) is 1. The summed E-state index contributed by atoms with van der Waals surface area (Å²) in [6.45, 7) is 3.08. The zero-order chi connectivity index (χ0) is 25.6. The number of benzene rings is 2. The van der Waals surface area contributed by atoms with Crippen molar-refractivity contribution in [3.8, 4) is 23.1 Å². The number of nitriles is 1. The lowest BCUT2D eigenvalue weighted by atomic mass is 10.1. The van der Waals surface area contributed by atoms with Crippen LogP contribution in [0.4, 0.5) is 4.39 Å². The zero-order valence-corrected chi connectivity index (χ0v) is 21.0. The summed E-state index contributed by atoms with van der Waals surface area (Å²) in [7, 11) is 3.67. The van der Waals surface area contributed by atoms with Gasteiger partial charge in [0.25, 0.3) is 5.91 Å². The van der Waals surface area contributed by atoms with E-state index in [2.05, 4.69) is 10.4 Å². The second-order valence-electron chi connectivity index (χ2n) is 9.01. The second kappa shape index (κ2) is 9.37. The van der Waals surface area contributed by atoms with Gasteiger partial charge in [-0.25, -0.2) is 9.37 Å². The van der Waals surface area contributed by atoms with Gasteiger partial charge in [-0.3, -0.25) is 14.0 Å². The third-order valence-electron chi connectivity index (χ3n) is 6.78. The summed E-state index contributed by atoms with van der Waals surface area (Å²) in [5.74, 6) is -0.406. The average Bonchev–Trinajstić information content (AvgIpc) is 3.38. The lowest BCUT2D eigenvalue weighted by Gasteiger charge is -2.32. The predicted molar refractivity (Wildman–Crippen MR) is 136 cm³/mol. The predicted octanol–water partition coefficient (Wildman–Crippen LogP) is 4.22. The van der Waals surface area contributed by atoms with Crippen LogP contribution in [0.25, 0.3) is 28.0 Å². The Balaban J connectivity index is 1.68. The van der Waals surface area contributed by atoms with E-state index in [0.29, 0.717) is 46.7 Å². The molecule has 1 N–H and O–H groups in total. The van der Waals surface area contributed by atoms with Crippen LogP contribution in [-0.2, 0) is 7.05 Å². The van der Waals surface area contributed by atoms with Gasteiger partial charge in [-0.15, -0.1) is 0 Å². The second-order valence-corrected chi connectivity index (χ2v) is 9.36. The Kier molecular flexibility index (Phi) is 6.24. The standard InChI is InChI=1S/C26H25ClFN7O/c1-15-23(26(36)34-10-4-5-18(14-34)30-2)31-25(16-6-7-17(13-29)21(28)11-16)35(15)19-8-9-22-20(12-19)24(27)33(3)32-22/h6-9,11-12,18,30H,4-5,10,14H2,1-3H3/t18-/m0/s1. The summed E-state index contributed by atoms with van der Waals surface area (Å²) in [5.41, 5.74) is 2.79. The van der Waals surface area contributed by atoms with Gasteiger partial charge in [-0.2, -0.15) is 10.4 Å².